The highest BCUT2D eigenvalue weighted by Crippen LogP contribution is 2.37. The number of rotatable bonds is 4. The number of fused-ring (bicyclic) bond motifs is 1. The maximum absolute atomic E-state index is 13.6. The molecule has 4 heterocycles. The van der Waals surface area contributed by atoms with E-state index in [1.165, 1.54) is 0 Å². The van der Waals surface area contributed by atoms with Gasteiger partial charge in [-0.1, -0.05) is 31.2 Å². The standard InChI is InChI=1S/C31H31N6O2/c1-21-34-35-30(39-21)31(2)14-16-37(3,17-15-31)29(38)25-10-8-23(9-11-25)26-12-13-28-33-19-27(36(28)20-26)24-6-4-22(18-32)5-7-24/h4-13,19-21,34H,14-17H2,1-3H3/q+1. The highest BCUT2D eigenvalue weighted by molar-refractivity contribution is 5.90. The van der Waals surface area contributed by atoms with Gasteiger partial charge in [0.25, 0.3) is 0 Å². The summed E-state index contributed by atoms with van der Waals surface area (Å²) in [5, 5.41) is 13.5. The topological polar surface area (TPSA) is 91.8 Å². The molecule has 6 rings (SSSR count). The quantitative estimate of drug-likeness (QED) is 0.374. The van der Waals surface area contributed by atoms with Gasteiger partial charge in [-0.3, -0.25) is 14.3 Å². The molecule has 2 aromatic carbocycles. The monoisotopic (exact) mass is 519 g/mol. The van der Waals surface area contributed by atoms with Gasteiger partial charge in [-0.15, -0.1) is 5.10 Å². The van der Waals surface area contributed by atoms with E-state index in [0.717, 1.165) is 65.4 Å². The van der Waals surface area contributed by atoms with Crippen LogP contribution in [0.4, 0.5) is 0 Å². The van der Waals surface area contributed by atoms with Gasteiger partial charge in [0.1, 0.15) is 5.65 Å². The van der Waals surface area contributed by atoms with E-state index in [1.807, 2.05) is 80.8 Å². The van der Waals surface area contributed by atoms with E-state index in [2.05, 4.69) is 39.1 Å². The van der Waals surface area contributed by atoms with Crippen molar-refractivity contribution in [2.24, 2.45) is 10.5 Å². The summed E-state index contributed by atoms with van der Waals surface area (Å²) in [6.07, 6.45) is 5.49. The first-order valence-corrected chi connectivity index (χ1v) is 13.3. The smallest absolute Gasteiger partial charge is 0.345 e. The molecular weight excluding hydrogens is 488 g/mol. The van der Waals surface area contributed by atoms with Crippen LogP contribution in [0.2, 0.25) is 0 Å². The average Bonchev–Trinajstić information content (AvgIpc) is 3.61. The molecule has 0 bridgehead atoms. The zero-order chi connectivity index (χ0) is 27.2. The molecule has 8 nitrogen and oxygen atoms in total. The summed E-state index contributed by atoms with van der Waals surface area (Å²) in [5.41, 5.74) is 9.03. The number of hydrazone groups is 1. The second-order valence-electron chi connectivity index (χ2n) is 11.1. The molecule has 1 N–H and O–H groups in total. The van der Waals surface area contributed by atoms with E-state index >= 15 is 0 Å². The van der Waals surface area contributed by atoms with Gasteiger partial charge in [-0.25, -0.2) is 9.78 Å². The Hall–Kier alpha value is -4.48. The second-order valence-corrected chi connectivity index (χ2v) is 11.1. The van der Waals surface area contributed by atoms with Crippen molar-refractivity contribution in [3.63, 3.8) is 0 Å². The summed E-state index contributed by atoms with van der Waals surface area (Å²) in [6, 6.07) is 21.6. The molecule has 1 unspecified atom stereocenters. The number of aromatic nitrogens is 2. The number of ether oxygens (including phenoxy) is 1. The molecule has 1 saturated heterocycles. The normalized spacial score (nSPS) is 24.5. The van der Waals surface area contributed by atoms with E-state index in [4.69, 9.17) is 10.00 Å². The summed E-state index contributed by atoms with van der Waals surface area (Å²) >= 11 is 0. The number of benzene rings is 2. The van der Waals surface area contributed by atoms with Crippen LogP contribution in [0.1, 0.15) is 42.6 Å². The number of nitrogens with one attached hydrogen (secondary N) is 1. The molecule has 196 valence electrons. The minimum absolute atomic E-state index is 0.100. The summed E-state index contributed by atoms with van der Waals surface area (Å²) in [4.78, 5) is 18.1. The number of nitrogens with zero attached hydrogens (tertiary/aromatic N) is 5. The number of piperidine rings is 1. The molecule has 39 heavy (non-hydrogen) atoms. The van der Waals surface area contributed by atoms with Gasteiger partial charge in [0.05, 0.1) is 54.6 Å². The number of imidazole rings is 1. The van der Waals surface area contributed by atoms with Gasteiger partial charge in [-0.2, -0.15) is 5.26 Å². The van der Waals surface area contributed by atoms with Gasteiger partial charge in [0, 0.05) is 24.6 Å². The third-order valence-corrected chi connectivity index (χ3v) is 8.24. The highest BCUT2D eigenvalue weighted by Gasteiger charge is 2.47. The fourth-order valence-corrected chi connectivity index (χ4v) is 5.49. The lowest BCUT2D eigenvalue weighted by Gasteiger charge is -2.42. The molecule has 8 heteroatoms. The number of pyridine rings is 1. The van der Waals surface area contributed by atoms with Crippen LogP contribution in [-0.2, 0) is 4.74 Å². The molecule has 0 aliphatic carbocycles. The first-order chi connectivity index (χ1) is 18.8. The maximum Gasteiger partial charge on any atom is 0.345 e. The zero-order valence-electron chi connectivity index (χ0n) is 22.4. The number of hydrogen-bond donors (Lipinski definition) is 1. The predicted octanol–water partition coefficient (Wildman–Crippen LogP) is 5.21. The fourth-order valence-electron chi connectivity index (χ4n) is 5.49. The SMILES string of the molecule is CC1NN=C(C2(C)CC[N+](C)(C(=O)c3ccc(-c4ccc5ncc(-c6ccc(C#N)cc6)n5c4)cc3)CC2)O1. The van der Waals surface area contributed by atoms with Gasteiger partial charge in [-0.05, 0) is 54.4 Å². The van der Waals surface area contributed by atoms with Crippen molar-refractivity contribution in [2.45, 2.75) is 32.9 Å². The van der Waals surface area contributed by atoms with Gasteiger partial charge < -0.3 is 4.74 Å². The van der Waals surface area contributed by atoms with E-state index in [-0.39, 0.29) is 17.6 Å². The lowest BCUT2D eigenvalue weighted by Crippen LogP contribution is -2.57. The lowest BCUT2D eigenvalue weighted by atomic mass is 9.79. The van der Waals surface area contributed by atoms with E-state index in [1.54, 1.807) is 0 Å². The molecule has 2 aliphatic heterocycles. The van der Waals surface area contributed by atoms with Crippen LogP contribution in [0.3, 0.4) is 0 Å². The molecule has 2 aliphatic rings. The van der Waals surface area contributed by atoms with Crippen molar-refractivity contribution in [1.82, 2.24) is 14.8 Å². The van der Waals surface area contributed by atoms with Gasteiger partial charge in [0.15, 0.2) is 6.23 Å². The fraction of sp³-hybridized carbons (Fsp3) is 0.290. The maximum atomic E-state index is 13.6. The van der Waals surface area contributed by atoms with Crippen molar-refractivity contribution >= 4 is 17.5 Å². The van der Waals surface area contributed by atoms with Crippen molar-refractivity contribution < 1.29 is 14.0 Å². The van der Waals surface area contributed by atoms with Crippen molar-refractivity contribution in [2.75, 3.05) is 20.1 Å². The van der Waals surface area contributed by atoms with Crippen LogP contribution >= 0.6 is 0 Å². The van der Waals surface area contributed by atoms with Gasteiger partial charge >= 0.3 is 5.91 Å². The molecular formula is C31H31N6O2+. The van der Waals surface area contributed by atoms with E-state index in [9.17, 15) is 4.79 Å². The van der Waals surface area contributed by atoms with Crippen LogP contribution in [0.25, 0.3) is 28.0 Å². The number of nitriles is 1. The number of quaternary nitrogens is 1. The molecule has 4 aromatic rings. The molecule has 0 saturated carbocycles. The third kappa shape index (κ3) is 4.45. The van der Waals surface area contributed by atoms with Crippen LogP contribution in [0.15, 0.2) is 78.2 Å². The third-order valence-electron chi connectivity index (χ3n) is 8.24. The van der Waals surface area contributed by atoms with Gasteiger partial charge in [0.2, 0.25) is 5.90 Å². The Morgan fingerprint density at radius 3 is 2.36 bits per heavy atom. The predicted molar refractivity (Wildman–Crippen MR) is 149 cm³/mol. The average molecular weight is 520 g/mol. The number of carbonyl (C=O) groups is 1. The van der Waals surface area contributed by atoms with E-state index < -0.39 is 0 Å². The number of likely N-dealkylation sites (tertiary alicyclic amines) is 1. The Morgan fingerprint density at radius 1 is 1.05 bits per heavy atom. The Morgan fingerprint density at radius 2 is 1.72 bits per heavy atom. The van der Waals surface area contributed by atoms with Crippen LogP contribution < -0.4 is 5.43 Å². The minimum Gasteiger partial charge on any atom is -0.454 e. The minimum atomic E-state index is -0.151. The lowest BCUT2D eigenvalue weighted by molar-refractivity contribution is -0.836. The summed E-state index contributed by atoms with van der Waals surface area (Å²) in [6.45, 7) is 5.60. The number of amides is 1. The molecule has 1 amide bonds. The largest absolute Gasteiger partial charge is 0.454 e. The second kappa shape index (κ2) is 9.37. The van der Waals surface area contributed by atoms with Crippen LogP contribution in [0, 0.1) is 16.7 Å². The summed E-state index contributed by atoms with van der Waals surface area (Å²) in [5.74, 6) is 0.896. The molecule has 0 spiro atoms. The van der Waals surface area contributed by atoms with Crippen molar-refractivity contribution in [1.29, 1.82) is 5.26 Å². The molecule has 2 aromatic heterocycles. The Balaban J connectivity index is 1.20. The number of hydrogen-bond acceptors (Lipinski definition) is 6. The Labute approximate surface area is 227 Å². The van der Waals surface area contributed by atoms with Crippen LogP contribution in [0.5, 0.6) is 0 Å². The first kappa shape index (κ1) is 24.8. The molecule has 1 atom stereocenters. The van der Waals surface area contributed by atoms with Crippen LogP contribution in [-0.4, -0.2) is 52.0 Å². The van der Waals surface area contributed by atoms with Crippen molar-refractivity contribution in [3.05, 3.63) is 84.2 Å². The summed E-state index contributed by atoms with van der Waals surface area (Å²) in [7, 11) is 2.03. The summed E-state index contributed by atoms with van der Waals surface area (Å²) < 4.78 is 8.30. The first-order valence-electron chi connectivity index (χ1n) is 13.3. The Bertz CT molecular complexity index is 1620. The highest BCUT2D eigenvalue weighted by atomic mass is 16.5. The number of carbonyl (C=O) groups excluding carboxylic acids is 1. The molecule has 1 fully saturated rings. The Kier molecular flexibility index (Phi) is 5.96. The van der Waals surface area contributed by atoms with Crippen molar-refractivity contribution in [3.8, 4) is 28.5 Å². The zero-order valence-corrected chi connectivity index (χ0v) is 22.4. The van der Waals surface area contributed by atoms with E-state index in [0.29, 0.717) is 10.0 Å². The molecule has 0 radical (unpaired) electrons.